The van der Waals surface area contributed by atoms with E-state index in [4.69, 9.17) is 5.11 Å². The lowest BCUT2D eigenvalue weighted by atomic mass is 10.4. The van der Waals surface area contributed by atoms with E-state index in [0.29, 0.717) is 0 Å². The van der Waals surface area contributed by atoms with Crippen molar-refractivity contribution >= 4 is 5.97 Å². The van der Waals surface area contributed by atoms with Gasteiger partial charge in [-0.3, -0.25) is 4.79 Å². The monoisotopic (exact) mass is 146 g/mol. The molecule has 0 spiro atoms. The number of hydrogen-bond acceptors (Lipinski definition) is 3. The molecule has 0 aromatic carbocycles. The average molecular weight is 146 g/mol. The molecule has 1 aliphatic rings. The van der Waals surface area contributed by atoms with Gasteiger partial charge in [0.2, 0.25) is 0 Å². The third kappa shape index (κ3) is 7.43. The summed E-state index contributed by atoms with van der Waals surface area (Å²) in [5, 5.41) is 8.63. The van der Waals surface area contributed by atoms with Gasteiger partial charge in [0.05, 0.1) is 12.7 Å². The Labute approximate surface area is 61.0 Å². The van der Waals surface area contributed by atoms with Crippen LogP contribution in [0.3, 0.4) is 0 Å². The van der Waals surface area contributed by atoms with E-state index in [0.717, 1.165) is 12.8 Å². The molecule has 3 heteroatoms. The van der Waals surface area contributed by atoms with Crippen molar-refractivity contribution in [2.24, 2.45) is 0 Å². The van der Waals surface area contributed by atoms with Gasteiger partial charge < -0.3 is 9.84 Å². The zero-order chi connectivity index (χ0) is 8.20. The second kappa shape index (κ2) is 3.56. The van der Waals surface area contributed by atoms with Gasteiger partial charge in [0, 0.05) is 6.92 Å². The summed E-state index contributed by atoms with van der Waals surface area (Å²) in [4.78, 5) is 9.59. The zero-order valence-electron chi connectivity index (χ0n) is 6.68. The van der Waals surface area contributed by atoms with Crippen LogP contribution in [-0.2, 0) is 9.53 Å². The van der Waals surface area contributed by atoms with Crippen LogP contribution in [0.2, 0.25) is 0 Å². The van der Waals surface area contributed by atoms with Gasteiger partial charge >= 0.3 is 5.97 Å². The predicted octanol–water partition coefficient (Wildman–Crippen LogP) is 0.710. The van der Waals surface area contributed by atoms with Gasteiger partial charge in [-0.05, 0) is 19.8 Å². The standard InChI is InChI=1S/C4H8O.C3H6O2/c1-4(5)2-3-4;1-3(4)5-2/h5H,2-3H2,1H3;1-2H3. The molecule has 0 aliphatic heterocycles. The molecule has 0 atom stereocenters. The third-order valence-corrected chi connectivity index (χ3v) is 1.26. The topological polar surface area (TPSA) is 46.5 Å². The van der Waals surface area contributed by atoms with Gasteiger partial charge in [-0.1, -0.05) is 0 Å². The van der Waals surface area contributed by atoms with Crippen LogP contribution in [0.1, 0.15) is 26.7 Å². The Morgan fingerprint density at radius 3 is 1.80 bits per heavy atom. The first-order chi connectivity index (χ1) is 4.48. The van der Waals surface area contributed by atoms with Crippen molar-refractivity contribution in [3.05, 3.63) is 0 Å². The van der Waals surface area contributed by atoms with Gasteiger partial charge in [0.25, 0.3) is 0 Å². The minimum Gasteiger partial charge on any atom is -0.469 e. The van der Waals surface area contributed by atoms with Crippen molar-refractivity contribution in [1.29, 1.82) is 0 Å². The molecule has 60 valence electrons. The highest BCUT2D eigenvalue weighted by molar-refractivity contribution is 5.65. The molecule has 1 saturated carbocycles. The molecule has 0 saturated heterocycles. The van der Waals surface area contributed by atoms with Crippen molar-refractivity contribution in [3.8, 4) is 0 Å². The number of methoxy groups -OCH3 is 1. The summed E-state index contributed by atoms with van der Waals surface area (Å²) < 4.78 is 4.11. The van der Waals surface area contributed by atoms with Gasteiger partial charge in [-0.25, -0.2) is 0 Å². The quantitative estimate of drug-likeness (QED) is 0.512. The molecule has 0 amide bonds. The largest absolute Gasteiger partial charge is 0.469 e. The second-order valence-corrected chi connectivity index (χ2v) is 2.69. The van der Waals surface area contributed by atoms with E-state index in [-0.39, 0.29) is 11.6 Å². The molecule has 0 aromatic rings. The number of ether oxygens (including phenoxy) is 1. The lowest BCUT2D eigenvalue weighted by Gasteiger charge is -1.86. The maximum absolute atomic E-state index is 9.59. The van der Waals surface area contributed by atoms with E-state index in [2.05, 4.69) is 4.74 Å². The number of rotatable bonds is 0. The molecular weight excluding hydrogens is 132 g/mol. The molecule has 0 heterocycles. The highest BCUT2D eigenvalue weighted by atomic mass is 16.5. The number of aliphatic hydroxyl groups is 1. The molecule has 10 heavy (non-hydrogen) atoms. The van der Waals surface area contributed by atoms with Crippen molar-refractivity contribution in [3.63, 3.8) is 0 Å². The Balaban J connectivity index is 0.000000162. The van der Waals surface area contributed by atoms with Crippen LogP contribution in [0.4, 0.5) is 0 Å². The Morgan fingerprint density at radius 2 is 1.80 bits per heavy atom. The maximum Gasteiger partial charge on any atom is 0.302 e. The molecule has 0 aromatic heterocycles. The van der Waals surface area contributed by atoms with E-state index < -0.39 is 0 Å². The van der Waals surface area contributed by atoms with Crippen molar-refractivity contribution < 1.29 is 14.6 Å². The summed E-state index contributed by atoms with van der Waals surface area (Å²) in [6.07, 6.45) is 2.01. The van der Waals surface area contributed by atoms with Crippen LogP contribution in [0.15, 0.2) is 0 Å². The number of esters is 1. The molecule has 1 aliphatic carbocycles. The van der Waals surface area contributed by atoms with Crippen LogP contribution in [0.5, 0.6) is 0 Å². The average Bonchev–Trinajstić information content (AvgIpc) is 2.48. The first kappa shape index (κ1) is 9.43. The second-order valence-electron chi connectivity index (χ2n) is 2.69. The lowest BCUT2D eigenvalue weighted by molar-refractivity contribution is -0.137. The first-order valence-corrected chi connectivity index (χ1v) is 3.25. The first-order valence-electron chi connectivity index (χ1n) is 3.25. The van der Waals surface area contributed by atoms with Gasteiger partial charge in [-0.2, -0.15) is 0 Å². The molecule has 0 unspecified atom stereocenters. The van der Waals surface area contributed by atoms with E-state index in [1.54, 1.807) is 0 Å². The Morgan fingerprint density at radius 1 is 1.60 bits per heavy atom. The molecule has 3 nitrogen and oxygen atoms in total. The highest BCUT2D eigenvalue weighted by Gasteiger charge is 2.33. The Hall–Kier alpha value is -0.570. The minimum atomic E-state index is -0.250. The molecule has 0 bridgehead atoms. The SMILES string of the molecule is CC1(O)CC1.COC(C)=O. The zero-order valence-corrected chi connectivity index (χ0v) is 6.68. The van der Waals surface area contributed by atoms with Crippen LogP contribution < -0.4 is 0 Å². The van der Waals surface area contributed by atoms with E-state index in [1.165, 1.54) is 14.0 Å². The normalized spacial score (nSPS) is 18.4. The lowest BCUT2D eigenvalue weighted by Crippen LogP contribution is -1.94. The van der Waals surface area contributed by atoms with Crippen LogP contribution >= 0.6 is 0 Å². The number of carbonyl (C=O) groups is 1. The summed E-state index contributed by atoms with van der Waals surface area (Å²) in [7, 11) is 1.35. The maximum atomic E-state index is 9.59. The molecule has 1 N–H and O–H groups in total. The summed E-state index contributed by atoms with van der Waals surface area (Å²) in [5.41, 5.74) is -0.250. The van der Waals surface area contributed by atoms with Gasteiger partial charge in [0.15, 0.2) is 0 Å². The van der Waals surface area contributed by atoms with E-state index >= 15 is 0 Å². The van der Waals surface area contributed by atoms with Crippen molar-refractivity contribution in [2.45, 2.75) is 32.3 Å². The molecule has 1 fully saturated rings. The summed E-state index contributed by atoms with van der Waals surface area (Å²) >= 11 is 0. The fourth-order valence-electron chi connectivity index (χ4n) is 0.181. The number of hydrogen-bond donors (Lipinski definition) is 1. The van der Waals surface area contributed by atoms with Gasteiger partial charge in [0.1, 0.15) is 0 Å². The van der Waals surface area contributed by atoms with Crippen LogP contribution in [0.25, 0.3) is 0 Å². The smallest absolute Gasteiger partial charge is 0.302 e. The van der Waals surface area contributed by atoms with Crippen LogP contribution in [-0.4, -0.2) is 23.8 Å². The summed E-state index contributed by atoms with van der Waals surface area (Å²) in [5.74, 6) is -0.245. The molecular formula is C7H14O3. The van der Waals surface area contributed by atoms with E-state index in [9.17, 15) is 4.79 Å². The van der Waals surface area contributed by atoms with E-state index in [1.807, 2.05) is 6.92 Å². The molecule has 1 rings (SSSR count). The predicted molar refractivity (Wildman–Crippen MR) is 37.5 cm³/mol. The number of carbonyl (C=O) groups excluding carboxylic acids is 1. The third-order valence-electron chi connectivity index (χ3n) is 1.26. The minimum absolute atomic E-state index is 0.245. The van der Waals surface area contributed by atoms with Gasteiger partial charge in [-0.15, -0.1) is 0 Å². The van der Waals surface area contributed by atoms with Crippen LogP contribution in [0, 0.1) is 0 Å². The fourth-order valence-corrected chi connectivity index (χ4v) is 0.181. The van der Waals surface area contributed by atoms with Crippen molar-refractivity contribution in [2.75, 3.05) is 7.11 Å². The summed E-state index contributed by atoms with van der Waals surface area (Å²) in [6, 6.07) is 0. The van der Waals surface area contributed by atoms with Crippen molar-refractivity contribution in [1.82, 2.24) is 0 Å². The summed E-state index contributed by atoms with van der Waals surface area (Å²) in [6.45, 7) is 3.22. The highest BCUT2D eigenvalue weighted by Crippen LogP contribution is 2.33. The Kier molecular flexibility index (Phi) is 3.36. The molecule has 0 radical (unpaired) electrons. The Bertz CT molecular complexity index is 112. The fraction of sp³-hybridized carbons (Fsp3) is 0.857.